The van der Waals surface area contributed by atoms with Crippen LogP contribution in [0, 0.1) is 0 Å². The molecule has 0 saturated heterocycles. The molecule has 0 aliphatic rings. The van der Waals surface area contributed by atoms with Gasteiger partial charge in [-0.3, -0.25) is 0 Å². The SMILES string of the molecule is CCNc1nc(Cl)nc(Sc2nncs2)n1. The van der Waals surface area contributed by atoms with Crippen LogP contribution < -0.4 is 5.32 Å². The minimum atomic E-state index is 0.165. The Hall–Kier alpha value is -0.990. The maximum Gasteiger partial charge on any atom is 0.228 e. The average Bonchev–Trinajstić information content (AvgIpc) is 2.70. The fourth-order valence-corrected chi connectivity index (χ4v) is 2.44. The van der Waals surface area contributed by atoms with Crippen LogP contribution in [0.25, 0.3) is 0 Å². The van der Waals surface area contributed by atoms with Crippen LogP contribution in [0.5, 0.6) is 0 Å². The Morgan fingerprint density at radius 1 is 1.44 bits per heavy atom. The number of nitrogens with zero attached hydrogens (tertiary/aromatic N) is 5. The second-order valence-electron chi connectivity index (χ2n) is 2.55. The number of nitrogens with one attached hydrogen (secondary N) is 1. The van der Waals surface area contributed by atoms with E-state index in [2.05, 4.69) is 30.5 Å². The molecule has 0 bridgehead atoms. The summed E-state index contributed by atoms with van der Waals surface area (Å²) in [6, 6.07) is 0. The van der Waals surface area contributed by atoms with Gasteiger partial charge in [-0.1, -0.05) is 11.3 Å². The van der Waals surface area contributed by atoms with Crippen LogP contribution in [0.1, 0.15) is 6.92 Å². The number of aromatic nitrogens is 5. The highest BCUT2D eigenvalue weighted by Gasteiger charge is 2.08. The first-order valence-corrected chi connectivity index (χ1v) is 6.45. The Balaban J connectivity index is 2.20. The Labute approximate surface area is 105 Å². The smallest absolute Gasteiger partial charge is 0.228 e. The molecule has 0 radical (unpaired) electrons. The third-order valence-corrected chi connectivity index (χ3v) is 3.25. The van der Waals surface area contributed by atoms with Gasteiger partial charge >= 0.3 is 0 Å². The first-order chi connectivity index (χ1) is 7.78. The highest BCUT2D eigenvalue weighted by atomic mass is 35.5. The molecule has 9 heteroatoms. The summed E-state index contributed by atoms with van der Waals surface area (Å²) < 4.78 is 0.768. The van der Waals surface area contributed by atoms with E-state index < -0.39 is 0 Å². The van der Waals surface area contributed by atoms with E-state index in [0.717, 1.165) is 10.9 Å². The summed E-state index contributed by atoms with van der Waals surface area (Å²) in [6.45, 7) is 2.68. The monoisotopic (exact) mass is 274 g/mol. The lowest BCUT2D eigenvalue weighted by atomic mass is 10.7. The van der Waals surface area contributed by atoms with E-state index in [1.54, 1.807) is 5.51 Å². The van der Waals surface area contributed by atoms with Crippen LogP contribution in [0.2, 0.25) is 5.28 Å². The minimum Gasteiger partial charge on any atom is -0.354 e. The molecule has 2 aromatic rings. The molecule has 0 unspecified atom stereocenters. The quantitative estimate of drug-likeness (QED) is 0.913. The zero-order chi connectivity index (χ0) is 11.4. The van der Waals surface area contributed by atoms with Crippen molar-refractivity contribution < 1.29 is 0 Å². The van der Waals surface area contributed by atoms with E-state index in [0.29, 0.717) is 11.1 Å². The Bertz CT molecular complexity index is 462. The van der Waals surface area contributed by atoms with E-state index in [1.165, 1.54) is 23.1 Å². The zero-order valence-corrected chi connectivity index (χ0v) is 10.6. The van der Waals surface area contributed by atoms with Crippen LogP contribution in [-0.2, 0) is 0 Å². The predicted octanol–water partition coefficient (Wildman–Crippen LogP) is 1.96. The van der Waals surface area contributed by atoms with E-state index in [9.17, 15) is 0 Å². The normalized spacial score (nSPS) is 10.4. The molecule has 84 valence electrons. The van der Waals surface area contributed by atoms with Gasteiger partial charge in [0.15, 0.2) is 4.34 Å². The van der Waals surface area contributed by atoms with Crippen LogP contribution in [0.3, 0.4) is 0 Å². The fourth-order valence-electron chi connectivity index (χ4n) is 0.900. The molecule has 6 nitrogen and oxygen atoms in total. The molecule has 2 heterocycles. The number of hydrogen-bond donors (Lipinski definition) is 1. The number of anilines is 1. The fraction of sp³-hybridized carbons (Fsp3) is 0.286. The van der Waals surface area contributed by atoms with Gasteiger partial charge in [0.05, 0.1) is 0 Å². The summed E-state index contributed by atoms with van der Waals surface area (Å²) in [5.41, 5.74) is 1.65. The van der Waals surface area contributed by atoms with E-state index >= 15 is 0 Å². The van der Waals surface area contributed by atoms with E-state index in [1.807, 2.05) is 6.92 Å². The summed E-state index contributed by atoms with van der Waals surface area (Å²) in [5.74, 6) is 0.467. The van der Waals surface area contributed by atoms with Gasteiger partial charge in [0.25, 0.3) is 0 Å². The number of rotatable bonds is 4. The molecule has 0 fully saturated rings. The summed E-state index contributed by atoms with van der Waals surface area (Å²) in [4.78, 5) is 12.1. The minimum absolute atomic E-state index is 0.165. The molecule has 1 N–H and O–H groups in total. The van der Waals surface area contributed by atoms with E-state index in [4.69, 9.17) is 11.6 Å². The van der Waals surface area contributed by atoms with Gasteiger partial charge in [0, 0.05) is 6.54 Å². The maximum absolute atomic E-state index is 5.78. The lowest BCUT2D eigenvalue weighted by Crippen LogP contribution is -2.04. The van der Waals surface area contributed by atoms with Crippen molar-refractivity contribution in [1.29, 1.82) is 0 Å². The van der Waals surface area contributed by atoms with Crippen molar-refractivity contribution in [3.63, 3.8) is 0 Å². The lowest BCUT2D eigenvalue weighted by molar-refractivity contribution is 0.895. The largest absolute Gasteiger partial charge is 0.354 e. The molecule has 2 aromatic heterocycles. The Morgan fingerprint density at radius 2 is 2.31 bits per heavy atom. The summed E-state index contributed by atoms with van der Waals surface area (Å²) in [5, 5.41) is 11.3. The van der Waals surface area contributed by atoms with Gasteiger partial charge in [-0.25, -0.2) is 0 Å². The van der Waals surface area contributed by atoms with Crippen LogP contribution in [0.15, 0.2) is 15.0 Å². The molecule has 0 amide bonds. The zero-order valence-electron chi connectivity index (χ0n) is 8.21. The first-order valence-electron chi connectivity index (χ1n) is 4.37. The molecule has 0 spiro atoms. The van der Waals surface area contributed by atoms with Crippen molar-refractivity contribution in [3.05, 3.63) is 10.8 Å². The van der Waals surface area contributed by atoms with Gasteiger partial charge in [0.1, 0.15) is 5.51 Å². The highest BCUT2D eigenvalue weighted by molar-refractivity contribution is 8.00. The van der Waals surface area contributed by atoms with Crippen molar-refractivity contribution >= 4 is 40.6 Å². The topological polar surface area (TPSA) is 76.5 Å². The molecule has 0 aliphatic heterocycles. The Kier molecular flexibility index (Phi) is 3.86. The predicted molar refractivity (Wildman–Crippen MR) is 63.0 cm³/mol. The molecule has 16 heavy (non-hydrogen) atoms. The molecule has 0 atom stereocenters. The van der Waals surface area contributed by atoms with Gasteiger partial charge in [-0.05, 0) is 30.3 Å². The third-order valence-electron chi connectivity index (χ3n) is 1.44. The molecule has 0 aliphatic carbocycles. The summed E-state index contributed by atoms with van der Waals surface area (Å²) in [7, 11) is 0. The standard InChI is InChI=1S/C7H7ClN6S2/c1-2-9-5-11-4(8)12-6(13-5)16-7-14-10-3-15-7/h3H,2H2,1H3,(H,9,11,12,13). The highest BCUT2D eigenvalue weighted by Crippen LogP contribution is 2.26. The summed E-state index contributed by atoms with van der Waals surface area (Å²) in [6.07, 6.45) is 0. The van der Waals surface area contributed by atoms with Crippen LogP contribution in [-0.4, -0.2) is 31.7 Å². The lowest BCUT2D eigenvalue weighted by Gasteiger charge is -2.02. The van der Waals surface area contributed by atoms with Crippen LogP contribution >= 0.6 is 34.7 Å². The van der Waals surface area contributed by atoms with Crippen molar-refractivity contribution in [2.24, 2.45) is 0 Å². The molecular formula is C7H7ClN6S2. The van der Waals surface area contributed by atoms with Gasteiger partial charge < -0.3 is 5.32 Å². The van der Waals surface area contributed by atoms with Crippen molar-refractivity contribution in [3.8, 4) is 0 Å². The number of halogens is 1. The summed E-state index contributed by atoms with van der Waals surface area (Å²) >= 11 is 8.50. The third kappa shape index (κ3) is 3.00. The van der Waals surface area contributed by atoms with Crippen molar-refractivity contribution in [2.45, 2.75) is 16.4 Å². The van der Waals surface area contributed by atoms with Gasteiger partial charge in [-0.15, -0.1) is 10.2 Å². The molecule has 0 saturated carbocycles. The Morgan fingerprint density at radius 3 is 3.00 bits per heavy atom. The first kappa shape index (κ1) is 11.5. The van der Waals surface area contributed by atoms with Crippen molar-refractivity contribution in [2.75, 3.05) is 11.9 Å². The molecule has 0 aromatic carbocycles. The van der Waals surface area contributed by atoms with Crippen molar-refractivity contribution in [1.82, 2.24) is 25.1 Å². The van der Waals surface area contributed by atoms with Crippen LogP contribution in [0.4, 0.5) is 5.95 Å². The maximum atomic E-state index is 5.78. The van der Waals surface area contributed by atoms with Gasteiger partial charge in [-0.2, -0.15) is 15.0 Å². The molecular weight excluding hydrogens is 268 g/mol. The second-order valence-corrected chi connectivity index (χ2v) is 4.93. The average molecular weight is 275 g/mol. The molecule has 2 rings (SSSR count). The van der Waals surface area contributed by atoms with Gasteiger partial charge in [0.2, 0.25) is 16.4 Å². The second kappa shape index (κ2) is 5.37. The number of hydrogen-bond acceptors (Lipinski definition) is 8. The van der Waals surface area contributed by atoms with E-state index in [-0.39, 0.29) is 5.28 Å².